The van der Waals surface area contributed by atoms with Crippen molar-refractivity contribution >= 4 is 34.2 Å². The molecule has 0 aliphatic carbocycles. The van der Waals surface area contributed by atoms with E-state index in [0.29, 0.717) is 47.3 Å². The fraction of sp³-hybridized carbons (Fsp3) is 0.333. The number of nitrogens with zero attached hydrogens (tertiary/aromatic N) is 3. The van der Waals surface area contributed by atoms with Crippen LogP contribution < -0.4 is 10.9 Å². The third-order valence-electron chi connectivity index (χ3n) is 7.07. The van der Waals surface area contributed by atoms with Crippen molar-refractivity contribution in [1.82, 2.24) is 19.5 Å². The van der Waals surface area contributed by atoms with E-state index in [2.05, 4.69) is 10.3 Å². The molecule has 4 aromatic rings. The van der Waals surface area contributed by atoms with Gasteiger partial charge >= 0.3 is 6.09 Å². The van der Waals surface area contributed by atoms with E-state index in [1.165, 1.54) is 29.2 Å². The number of halogens is 1. The molecule has 5 rings (SSSR count). The number of anilines is 1. The average molecular weight is 506 g/mol. The first-order chi connectivity index (χ1) is 17.5. The van der Waals surface area contributed by atoms with Crippen molar-refractivity contribution in [1.29, 1.82) is 0 Å². The Labute approximate surface area is 211 Å². The smallest absolute Gasteiger partial charge is 0.407 e. The highest BCUT2D eigenvalue weighted by Gasteiger charge is 2.40. The van der Waals surface area contributed by atoms with E-state index >= 15 is 0 Å². The minimum atomic E-state index is -0.946. The number of fused-ring (bicyclic) bond motifs is 3. The number of piperidine rings is 1. The van der Waals surface area contributed by atoms with Crippen LogP contribution in [0, 0.1) is 11.2 Å². The molecule has 1 saturated heterocycles. The van der Waals surface area contributed by atoms with Gasteiger partial charge in [-0.25, -0.2) is 13.7 Å². The summed E-state index contributed by atoms with van der Waals surface area (Å²) in [5, 5.41) is 17.8. The predicted octanol–water partition coefficient (Wildman–Crippen LogP) is 4.84. The third-order valence-corrected chi connectivity index (χ3v) is 7.07. The molecule has 2 aromatic carbocycles. The Balaban J connectivity index is 1.58. The summed E-state index contributed by atoms with van der Waals surface area (Å²) in [6, 6.07) is 11.9. The molecule has 0 spiro atoms. The lowest BCUT2D eigenvalue weighted by atomic mass is 9.76. The monoisotopic (exact) mass is 505 g/mol. The lowest BCUT2D eigenvalue weighted by Gasteiger charge is -2.44. The normalized spacial score (nSPS) is 18.3. The lowest BCUT2D eigenvalue weighted by Crippen LogP contribution is -2.51. The molecule has 2 atom stereocenters. The maximum absolute atomic E-state index is 13.6. The van der Waals surface area contributed by atoms with Crippen molar-refractivity contribution in [2.75, 3.05) is 11.9 Å². The molecule has 192 valence electrons. The molecule has 9 nitrogen and oxygen atoms in total. The van der Waals surface area contributed by atoms with Crippen LogP contribution in [0.25, 0.3) is 16.6 Å². The minimum Gasteiger partial charge on any atom is -0.465 e. The van der Waals surface area contributed by atoms with E-state index in [1.807, 2.05) is 20.8 Å². The number of aromatic nitrogens is 3. The Morgan fingerprint density at radius 2 is 1.92 bits per heavy atom. The number of carbonyl (C=O) groups excluding carboxylic acids is 1. The van der Waals surface area contributed by atoms with Crippen LogP contribution in [0.4, 0.5) is 14.9 Å². The van der Waals surface area contributed by atoms with Gasteiger partial charge in [0.1, 0.15) is 11.5 Å². The second-order valence-electron chi connectivity index (χ2n) is 10.6. The zero-order valence-electron chi connectivity index (χ0n) is 20.8. The maximum atomic E-state index is 13.6. The molecule has 1 aliphatic heterocycles. The van der Waals surface area contributed by atoms with Gasteiger partial charge in [0, 0.05) is 30.1 Å². The Morgan fingerprint density at radius 3 is 2.62 bits per heavy atom. The number of hydrogen-bond acceptors (Lipinski definition) is 4. The average Bonchev–Trinajstić information content (AvgIpc) is 3.22. The minimum absolute atomic E-state index is 0.0933. The van der Waals surface area contributed by atoms with Gasteiger partial charge < -0.3 is 20.3 Å². The number of aromatic amines is 1. The first kappa shape index (κ1) is 24.5. The topological polar surface area (TPSA) is 120 Å². The van der Waals surface area contributed by atoms with Crippen LogP contribution in [0.1, 0.15) is 55.6 Å². The van der Waals surface area contributed by atoms with Crippen molar-refractivity contribution in [3.05, 3.63) is 76.0 Å². The van der Waals surface area contributed by atoms with Crippen LogP contribution >= 0.6 is 0 Å². The number of carbonyl (C=O) groups is 2. The SMILES string of the molecule is CC(C)(C)C1CC(c2cc(=O)[nH]c3c4c(NC(=O)c5cccc(F)c5)cccc4nn23)CCN1C(=O)O. The molecule has 1 aliphatic rings. The Kier molecular flexibility index (Phi) is 5.97. The first-order valence-corrected chi connectivity index (χ1v) is 12.1. The van der Waals surface area contributed by atoms with Gasteiger partial charge in [0.2, 0.25) is 0 Å². The molecule has 2 amide bonds. The van der Waals surface area contributed by atoms with Gasteiger partial charge in [-0.05, 0) is 48.6 Å². The highest BCUT2D eigenvalue weighted by Crippen LogP contribution is 2.39. The largest absolute Gasteiger partial charge is 0.465 e. The predicted molar refractivity (Wildman–Crippen MR) is 138 cm³/mol. The van der Waals surface area contributed by atoms with Crippen molar-refractivity contribution in [3.63, 3.8) is 0 Å². The summed E-state index contributed by atoms with van der Waals surface area (Å²) in [4.78, 5) is 41.9. The number of likely N-dealkylation sites (tertiary alicyclic amines) is 1. The van der Waals surface area contributed by atoms with Crippen LogP contribution in [0.15, 0.2) is 53.3 Å². The highest BCUT2D eigenvalue weighted by atomic mass is 19.1. The molecular weight excluding hydrogens is 477 g/mol. The molecule has 0 bridgehead atoms. The molecule has 2 unspecified atom stereocenters. The van der Waals surface area contributed by atoms with Crippen LogP contribution in [-0.4, -0.2) is 49.2 Å². The summed E-state index contributed by atoms with van der Waals surface area (Å²) >= 11 is 0. The maximum Gasteiger partial charge on any atom is 0.407 e. The fourth-order valence-corrected chi connectivity index (χ4v) is 5.29. The molecule has 0 radical (unpaired) electrons. The Morgan fingerprint density at radius 1 is 1.16 bits per heavy atom. The van der Waals surface area contributed by atoms with Gasteiger partial charge in [0.05, 0.1) is 22.3 Å². The summed E-state index contributed by atoms with van der Waals surface area (Å²) < 4.78 is 15.3. The zero-order valence-corrected chi connectivity index (χ0v) is 20.8. The number of benzene rings is 2. The number of rotatable bonds is 3. The summed E-state index contributed by atoms with van der Waals surface area (Å²) in [6.45, 7) is 6.39. The quantitative estimate of drug-likeness (QED) is 0.368. The molecule has 37 heavy (non-hydrogen) atoms. The van der Waals surface area contributed by atoms with E-state index in [1.54, 1.807) is 22.7 Å². The van der Waals surface area contributed by atoms with Crippen molar-refractivity contribution < 1.29 is 19.1 Å². The van der Waals surface area contributed by atoms with Crippen LogP contribution in [0.5, 0.6) is 0 Å². The van der Waals surface area contributed by atoms with Crippen molar-refractivity contribution in [2.45, 2.75) is 45.6 Å². The Bertz CT molecular complexity index is 1590. The second-order valence-corrected chi connectivity index (χ2v) is 10.6. The van der Waals surface area contributed by atoms with Crippen LogP contribution in [-0.2, 0) is 0 Å². The van der Waals surface area contributed by atoms with E-state index in [4.69, 9.17) is 5.10 Å². The summed E-state index contributed by atoms with van der Waals surface area (Å²) in [5.41, 5.74) is 1.68. The standard InChI is InChI=1S/C27H28FN5O4/c1-27(2,3)21-13-15(10-11-32(21)26(36)37)20-14-22(34)30-24-23-18(8-5-9-19(23)31-33(20)24)29-25(35)16-6-4-7-17(28)12-16/h4-9,12,14-15,21H,10-11,13H2,1-3H3,(H,29,35)(H,30,34)(H,36,37). The summed E-state index contributed by atoms with van der Waals surface area (Å²) in [7, 11) is 0. The van der Waals surface area contributed by atoms with E-state index < -0.39 is 17.8 Å². The van der Waals surface area contributed by atoms with Crippen molar-refractivity contribution in [3.8, 4) is 0 Å². The summed E-state index contributed by atoms with van der Waals surface area (Å²) in [5.74, 6) is -1.10. The number of hydrogen-bond donors (Lipinski definition) is 3. The second kappa shape index (κ2) is 9.02. The molecule has 3 N–H and O–H groups in total. The third kappa shape index (κ3) is 4.54. The lowest BCUT2D eigenvalue weighted by molar-refractivity contribution is 0.0518. The van der Waals surface area contributed by atoms with Gasteiger partial charge in [-0.1, -0.05) is 32.9 Å². The van der Waals surface area contributed by atoms with Gasteiger partial charge in [-0.3, -0.25) is 9.59 Å². The zero-order chi connectivity index (χ0) is 26.5. The van der Waals surface area contributed by atoms with Gasteiger partial charge in [0.25, 0.3) is 11.5 Å². The molecule has 3 heterocycles. The fourth-order valence-electron chi connectivity index (χ4n) is 5.29. The van der Waals surface area contributed by atoms with E-state index in [9.17, 15) is 23.9 Å². The van der Waals surface area contributed by atoms with Gasteiger partial charge in [-0.2, -0.15) is 5.10 Å². The van der Waals surface area contributed by atoms with Crippen LogP contribution in [0.2, 0.25) is 0 Å². The highest BCUT2D eigenvalue weighted by molar-refractivity contribution is 6.11. The van der Waals surface area contributed by atoms with E-state index in [0.717, 1.165) is 6.07 Å². The number of carboxylic acid groups (broad SMARTS) is 1. The van der Waals surface area contributed by atoms with Gasteiger partial charge in [0.15, 0.2) is 0 Å². The number of nitrogens with one attached hydrogen (secondary N) is 2. The molecule has 1 fully saturated rings. The Hall–Kier alpha value is -4.21. The van der Waals surface area contributed by atoms with Crippen LogP contribution in [0.3, 0.4) is 0 Å². The molecule has 0 saturated carbocycles. The van der Waals surface area contributed by atoms with E-state index in [-0.39, 0.29) is 28.5 Å². The molecular formula is C27H28FN5O4. The summed E-state index contributed by atoms with van der Waals surface area (Å²) in [6.07, 6.45) is 0.155. The molecule has 2 aromatic heterocycles. The molecule has 10 heteroatoms. The van der Waals surface area contributed by atoms with Gasteiger partial charge in [-0.15, -0.1) is 0 Å². The number of amides is 2. The first-order valence-electron chi connectivity index (χ1n) is 12.1. The van der Waals surface area contributed by atoms with Crippen molar-refractivity contribution in [2.24, 2.45) is 5.41 Å². The number of H-pyrrole nitrogens is 1.